The molecule has 0 aliphatic rings. The lowest BCUT2D eigenvalue weighted by molar-refractivity contribution is -0.137. The topological polar surface area (TPSA) is 313 Å². The highest BCUT2D eigenvalue weighted by Gasteiger charge is 2.36. The van der Waals surface area contributed by atoms with Crippen molar-refractivity contribution in [2.24, 2.45) is 14.1 Å². The molecule has 8 aromatic heterocycles. The molecule has 15 rings (SSSR count). The Morgan fingerprint density at radius 1 is 0.284 bits per heavy atom. The molecule has 0 saturated carbocycles. The van der Waals surface area contributed by atoms with E-state index < -0.39 is 106 Å². The standard InChI is InChI=1S/C38H23F3N4O8.C30H18N4O8/c1-4-9-43-32(48)23-14-27-28(15-24(23)33(43)49)35(51)44(34(27)50)17-5-7-19(16(2)10-17)20-8-6-18(11-29(20)38(39,40)41)45-36(52)25-12-21-22(13-26(25)37(45)53)31(47)42(3)30(21)46;1-3-8-32-25(37)17-11-21-22(12-18(17)26(32)38)30(42)34(29(21)41)14-6-4-13(5-7-14)33-27(39)19-9-15-16(10-20(19)28(33)40)24(36)31(2)23(15)35/h5-8,10-15H,4,9H2,1-3H3;4-7,9-12H,3,8H2,1-2H3. The first kappa shape index (κ1) is 60.0. The van der Waals surface area contributed by atoms with Gasteiger partial charge in [-0.3, -0.25) is 95.0 Å². The van der Waals surface area contributed by atoms with Crippen LogP contribution in [0.15, 0.2) is 186 Å². The molecular formula is C68H41F3N8O16. The Hall–Kier alpha value is -12.6. The molecule has 0 fully saturated rings. The fourth-order valence-corrected chi connectivity index (χ4v) is 13.0. The monoisotopic (exact) mass is 1280 g/mol. The molecule has 8 heterocycles. The zero-order valence-corrected chi connectivity index (χ0v) is 50.0. The number of aryl methyl sites for hydroxylation is 1. The smallest absolute Gasteiger partial charge is 0.277 e. The van der Waals surface area contributed by atoms with Gasteiger partial charge >= 0.3 is 6.18 Å². The van der Waals surface area contributed by atoms with Crippen LogP contribution >= 0.6 is 0 Å². The molecule has 0 N–H and O–H groups in total. The third-order valence-corrected chi connectivity index (χ3v) is 17.7. The average Bonchev–Trinajstić information content (AvgIpc) is 1.62. The van der Waals surface area contributed by atoms with Crippen molar-refractivity contribution in [1.82, 2.24) is 36.5 Å². The van der Waals surface area contributed by atoms with E-state index in [2.05, 4.69) is 0 Å². The molecule has 0 bridgehead atoms. The maximum atomic E-state index is 14.7. The number of halogens is 3. The predicted octanol–water partition coefficient (Wildman–Crippen LogP) is 3.12. The molecule has 95 heavy (non-hydrogen) atoms. The van der Waals surface area contributed by atoms with Gasteiger partial charge in [-0.25, -0.2) is 18.3 Å². The number of alkyl halides is 3. The minimum Gasteiger partial charge on any atom is -0.277 e. The van der Waals surface area contributed by atoms with Crippen LogP contribution in [-0.2, 0) is 33.4 Å². The zero-order valence-electron chi connectivity index (χ0n) is 50.0. The van der Waals surface area contributed by atoms with Crippen molar-refractivity contribution in [1.29, 1.82) is 0 Å². The number of hydrogen-bond donors (Lipinski definition) is 0. The minimum absolute atomic E-state index is 0.00257. The normalized spacial score (nSPS) is 12.2. The highest BCUT2D eigenvalue weighted by atomic mass is 19.4. The molecule has 15 aromatic rings. The molecule has 0 spiro atoms. The summed E-state index contributed by atoms with van der Waals surface area (Å²) in [5.74, 6) is 0. The zero-order chi connectivity index (χ0) is 67.8. The maximum Gasteiger partial charge on any atom is 0.417 e. The maximum absolute atomic E-state index is 14.7. The molecule has 0 saturated heterocycles. The highest BCUT2D eigenvalue weighted by Crippen LogP contribution is 2.40. The lowest BCUT2D eigenvalue weighted by atomic mass is 9.94. The van der Waals surface area contributed by atoms with Crippen molar-refractivity contribution in [2.75, 3.05) is 0 Å². The van der Waals surface area contributed by atoms with Gasteiger partial charge in [-0.1, -0.05) is 26.0 Å². The van der Waals surface area contributed by atoms with Gasteiger partial charge in [0.05, 0.1) is 114 Å². The van der Waals surface area contributed by atoms with Crippen LogP contribution in [0.2, 0.25) is 0 Å². The SMILES string of the molecule is CCCn1c(=O)c2cc3c(=O)n(-c4ccc(-c5ccc(-n6c(=O)c7cc8c(=O)n(C)c(=O)c8cc7c6=O)cc5C(F)(F)F)c(C)c4)c(=O)c3cc2c1=O.CCCn1c(=O)c2cc3c(=O)n(-c4ccc(-n5c(=O)c6cc7c(=O)n(C)c(=O)c7cc6c5=O)cc4)c(=O)c3cc2c1=O. The molecule has 0 aliphatic carbocycles. The number of aromatic nitrogens is 8. The number of hydrogen-bond acceptors (Lipinski definition) is 16. The van der Waals surface area contributed by atoms with Crippen molar-refractivity contribution in [3.63, 3.8) is 0 Å². The summed E-state index contributed by atoms with van der Waals surface area (Å²) in [6.45, 7) is 5.48. The van der Waals surface area contributed by atoms with E-state index in [1.54, 1.807) is 6.92 Å². The van der Waals surface area contributed by atoms with Gasteiger partial charge in [0.25, 0.3) is 88.9 Å². The summed E-state index contributed by atoms with van der Waals surface area (Å²) in [6, 6.07) is 22.0. The Labute approximate surface area is 520 Å². The van der Waals surface area contributed by atoms with Crippen LogP contribution in [0, 0.1) is 6.92 Å². The van der Waals surface area contributed by atoms with Crippen LogP contribution in [0.1, 0.15) is 37.8 Å². The Balaban J connectivity index is 0.000000168. The van der Waals surface area contributed by atoms with Crippen LogP contribution in [-0.4, -0.2) is 36.5 Å². The van der Waals surface area contributed by atoms with Gasteiger partial charge in [-0.15, -0.1) is 0 Å². The van der Waals surface area contributed by atoms with Crippen LogP contribution in [0.5, 0.6) is 0 Å². The lowest BCUT2D eigenvalue weighted by Gasteiger charge is -2.17. The van der Waals surface area contributed by atoms with Crippen molar-refractivity contribution >= 4 is 86.2 Å². The largest absolute Gasteiger partial charge is 0.417 e. The van der Waals surface area contributed by atoms with Crippen LogP contribution in [0.4, 0.5) is 13.2 Å². The number of benzene rings is 7. The predicted molar refractivity (Wildman–Crippen MR) is 350 cm³/mol. The van der Waals surface area contributed by atoms with Gasteiger partial charge in [0.1, 0.15) is 0 Å². The van der Waals surface area contributed by atoms with Crippen LogP contribution < -0.4 is 88.9 Å². The molecule has 470 valence electrons. The molecule has 0 atom stereocenters. The number of rotatable bonds is 9. The third kappa shape index (κ3) is 8.40. The third-order valence-electron chi connectivity index (χ3n) is 17.7. The number of nitrogens with zero attached hydrogens (tertiary/aromatic N) is 8. The van der Waals surface area contributed by atoms with Gasteiger partial charge in [0, 0.05) is 27.2 Å². The number of fused-ring (bicyclic) bond motifs is 8. The summed E-state index contributed by atoms with van der Waals surface area (Å²) in [4.78, 5) is 208. The molecule has 24 nitrogen and oxygen atoms in total. The minimum atomic E-state index is -4.98. The second-order valence-corrected chi connectivity index (χ2v) is 23.2. The van der Waals surface area contributed by atoms with Crippen LogP contribution in [0.3, 0.4) is 0 Å². The van der Waals surface area contributed by atoms with Gasteiger partial charge in [0.15, 0.2) is 0 Å². The molecule has 0 amide bonds. The lowest BCUT2D eigenvalue weighted by Crippen LogP contribution is -2.25. The molecule has 27 heteroatoms. The Morgan fingerprint density at radius 2 is 0.505 bits per heavy atom. The first-order valence-electron chi connectivity index (χ1n) is 29.2. The molecule has 7 aromatic carbocycles. The van der Waals surface area contributed by atoms with Gasteiger partial charge < -0.3 is 0 Å². The van der Waals surface area contributed by atoms with E-state index in [1.165, 1.54) is 99.9 Å². The average molecular weight is 1280 g/mol. The van der Waals surface area contributed by atoms with Gasteiger partial charge in [-0.05, 0) is 134 Å². The summed E-state index contributed by atoms with van der Waals surface area (Å²) in [5.41, 5.74) is -12.3. The summed E-state index contributed by atoms with van der Waals surface area (Å²) in [6.07, 6.45) is -3.90. The Kier molecular flexibility index (Phi) is 13.1. The Morgan fingerprint density at radius 3 is 0.758 bits per heavy atom. The molecule has 0 aliphatic heterocycles. The van der Waals surface area contributed by atoms with E-state index in [1.807, 2.05) is 6.92 Å². The van der Waals surface area contributed by atoms with Crippen molar-refractivity contribution < 1.29 is 13.2 Å². The highest BCUT2D eigenvalue weighted by molar-refractivity contribution is 6.01. The molecular weight excluding hydrogens is 1240 g/mol. The van der Waals surface area contributed by atoms with E-state index in [9.17, 15) is 89.9 Å². The first-order valence-corrected chi connectivity index (χ1v) is 29.2. The van der Waals surface area contributed by atoms with E-state index in [0.717, 1.165) is 56.2 Å². The second kappa shape index (κ2) is 20.7. The van der Waals surface area contributed by atoms with E-state index in [0.29, 0.717) is 23.5 Å². The van der Waals surface area contributed by atoms with Gasteiger partial charge in [0.2, 0.25) is 0 Å². The summed E-state index contributed by atoms with van der Waals surface area (Å²) in [5, 5.41) is -0.680. The van der Waals surface area contributed by atoms with Gasteiger partial charge in [-0.2, -0.15) is 13.2 Å². The van der Waals surface area contributed by atoms with E-state index in [-0.39, 0.29) is 133 Å². The summed E-state index contributed by atoms with van der Waals surface area (Å²) < 4.78 is 51.0. The Bertz CT molecular complexity index is 6660. The van der Waals surface area contributed by atoms with Crippen LogP contribution in [0.25, 0.3) is 120 Å². The van der Waals surface area contributed by atoms with E-state index in [4.69, 9.17) is 0 Å². The fourth-order valence-electron chi connectivity index (χ4n) is 13.0. The summed E-state index contributed by atoms with van der Waals surface area (Å²) >= 11 is 0. The van der Waals surface area contributed by atoms with E-state index >= 15 is 0 Å². The summed E-state index contributed by atoms with van der Waals surface area (Å²) in [7, 11) is 2.56. The van der Waals surface area contributed by atoms with Crippen molar-refractivity contribution in [3.8, 4) is 33.9 Å². The molecule has 0 radical (unpaired) electrons. The fraction of sp³-hybridized carbons (Fsp3) is 0.147. The second-order valence-electron chi connectivity index (χ2n) is 23.2. The quantitative estimate of drug-likeness (QED) is 0.200. The van der Waals surface area contributed by atoms with Crippen molar-refractivity contribution in [3.05, 3.63) is 286 Å². The first-order chi connectivity index (χ1) is 45.1. The van der Waals surface area contributed by atoms with Crippen molar-refractivity contribution in [2.45, 2.75) is 52.9 Å². The molecule has 0 unspecified atom stereocenters.